The van der Waals surface area contributed by atoms with Crippen LogP contribution in [-0.4, -0.2) is 36.3 Å². The second-order valence-electron chi connectivity index (χ2n) is 9.12. The Labute approximate surface area is 187 Å². The molecular weight excluding hydrogens is 402 g/mol. The molecule has 3 heterocycles. The molecule has 0 radical (unpaired) electrons. The van der Waals surface area contributed by atoms with Gasteiger partial charge in [-0.2, -0.15) is 10.3 Å². The molecule has 0 saturated heterocycles. The van der Waals surface area contributed by atoms with Gasteiger partial charge in [0.15, 0.2) is 0 Å². The first-order valence-corrected chi connectivity index (χ1v) is 11.5. The molecule has 0 spiro atoms. The molecule has 166 valence electrons. The number of tetrazole rings is 1. The topological polar surface area (TPSA) is 101 Å². The van der Waals surface area contributed by atoms with Gasteiger partial charge < -0.3 is 5.32 Å². The highest BCUT2D eigenvalue weighted by atomic mass is 16.2. The third kappa shape index (κ3) is 3.97. The van der Waals surface area contributed by atoms with Gasteiger partial charge in [0.25, 0.3) is 5.91 Å². The molecule has 0 bridgehead atoms. The quantitative estimate of drug-likeness (QED) is 0.528. The molecule has 3 aromatic rings. The Kier molecular flexibility index (Phi) is 5.36. The summed E-state index contributed by atoms with van der Waals surface area (Å²) in [5.74, 6) is 0.0925. The molecule has 2 N–H and O–H groups in total. The van der Waals surface area contributed by atoms with Crippen LogP contribution in [0.3, 0.4) is 0 Å². The van der Waals surface area contributed by atoms with Crippen LogP contribution in [0, 0.1) is 0 Å². The molecule has 0 unspecified atom stereocenters. The zero-order valence-corrected chi connectivity index (χ0v) is 18.6. The molecule has 1 aliphatic heterocycles. The van der Waals surface area contributed by atoms with Crippen molar-refractivity contribution >= 4 is 17.1 Å². The van der Waals surface area contributed by atoms with Gasteiger partial charge >= 0.3 is 0 Å². The summed E-state index contributed by atoms with van der Waals surface area (Å²) < 4.78 is 2.01. The van der Waals surface area contributed by atoms with Gasteiger partial charge in [-0.25, -0.2) is 0 Å². The average molecular weight is 432 g/mol. The molecule has 1 amide bonds. The fraction of sp³-hybridized carbons (Fsp3) is 0.458. The van der Waals surface area contributed by atoms with E-state index in [-0.39, 0.29) is 5.91 Å². The van der Waals surface area contributed by atoms with Gasteiger partial charge in [0.2, 0.25) is 5.82 Å². The number of nitrogens with zero attached hydrogens (tertiary/aromatic N) is 5. The van der Waals surface area contributed by atoms with Crippen molar-refractivity contribution in [2.45, 2.75) is 70.4 Å². The molecule has 1 fully saturated rings. The zero-order valence-electron chi connectivity index (χ0n) is 18.6. The lowest BCUT2D eigenvalue weighted by Crippen LogP contribution is -2.47. The molecule has 32 heavy (non-hydrogen) atoms. The first-order valence-electron chi connectivity index (χ1n) is 11.5. The summed E-state index contributed by atoms with van der Waals surface area (Å²) in [5.41, 5.74) is 3.95. The number of H-pyrrole nitrogens is 1. The van der Waals surface area contributed by atoms with Crippen LogP contribution in [0.1, 0.15) is 81.1 Å². The van der Waals surface area contributed by atoms with E-state index in [2.05, 4.69) is 64.1 Å². The molecule has 2 aliphatic rings. The minimum absolute atomic E-state index is 0.205. The number of benzene rings is 1. The second-order valence-corrected chi connectivity index (χ2v) is 9.12. The van der Waals surface area contributed by atoms with Crippen molar-refractivity contribution in [3.8, 4) is 0 Å². The fourth-order valence-electron chi connectivity index (χ4n) is 4.49. The maximum atomic E-state index is 13.3. The van der Waals surface area contributed by atoms with E-state index in [1.807, 2.05) is 16.9 Å². The van der Waals surface area contributed by atoms with Crippen LogP contribution in [0.2, 0.25) is 0 Å². The van der Waals surface area contributed by atoms with Crippen LogP contribution in [0.25, 0.3) is 11.1 Å². The molecule has 8 nitrogen and oxygen atoms in total. The molecule has 1 saturated carbocycles. The summed E-state index contributed by atoms with van der Waals surface area (Å²) in [4.78, 5) is 13.3. The van der Waals surface area contributed by atoms with Crippen LogP contribution < -0.4 is 5.32 Å². The number of aromatic nitrogens is 6. The molecule has 1 aliphatic carbocycles. The molecule has 8 heteroatoms. The molecule has 1 atom stereocenters. The van der Waals surface area contributed by atoms with Gasteiger partial charge in [0, 0.05) is 12.6 Å². The predicted octanol–water partition coefficient (Wildman–Crippen LogP) is 3.81. The number of nitrogens with one attached hydrogen (secondary N) is 2. The number of aromatic amines is 1. The third-order valence-electron chi connectivity index (χ3n) is 6.52. The first kappa shape index (κ1) is 20.6. The summed E-state index contributed by atoms with van der Waals surface area (Å²) in [7, 11) is 0. The number of unbranched alkanes of at least 4 members (excludes halogenated alkanes) is 2. The number of hydrogen-bond acceptors (Lipinski definition) is 5. The smallest absolute Gasteiger partial charge is 0.256 e. The first-order chi connectivity index (χ1) is 15.6. The standard InChI is InChI=1S/C24H29N7O/c1-3-4-5-6-16-7-9-17(10-8-16)24(2)15-19(20-13-14-31(28-20)18-11-12-18)21(23(32)25-24)22-26-29-30-27-22/h7-10,13-14,18H,3-6,11-12,15H2,1-2H3,(H,25,32)(H,26,27,29,30)/t24-/m0/s1. The van der Waals surface area contributed by atoms with E-state index in [1.165, 1.54) is 24.8 Å². The third-order valence-corrected chi connectivity index (χ3v) is 6.52. The predicted molar refractivity (Wildman–Crippen MR) is 121 cm³/mol. The SMILES string of the molecule is CCCCCc1ccc([C@]2(C)CC(c3ccn(C4CC4)n3)=C(c3nn[nH]n3)C(=O)N2)cc1. The van der Waals surface area contributed by atoms with E-state index in [0.717, 1.165) is 36.1 Å². The lowest BCUT2D eigenvalue weighted by Gasteiger charge is -2.36. The van der Waals surface area contributed by atoms with Crippen LogP contribution in [0.5, 0.6) is 0 Å². The van der Waals surface area contributed by atoms with Crippen LogP contribution in [-0.2, 0) is 16.8 Å². The number of carbonyl (C=O) groups is 1. The van der Waals surface area contributed by atoms with Crippen LogP contribution in [0.4, 0.5) is 0 Å². The Morgan fingerprint density at radius 2 is 1.97 bits per heavy atom. The number of rotatable bonds is 8. The van der Waals surface area contributed by atoms with E-state index in [9.17, 15) is 4.79 Å². The molecule has 5 rings (SSSR count). The Balaban J connectivity index is 1.49. The Morgan fingerprint density at radius 3 is 2.66 bits per heavy atom. The Hall–Kier alpha value is -3.29. The van der Waals surface area contributed by atoms with Crippen molar-refractivity contribution in [3.05, 3.63) is 59.2 Å². The summed E-state index contributed by atoms with van der Waals surface area (Å²) in [6, 6.07) is 11.1. The van der Waals surface area contributed by atoms with E-state index in [1.54, 1.807) is 0 Å². The lowest BCUT2D eigenvalue weighted by molar-refractivity contribution is -0.117. The number of amides is 1. The van der Waals surface area contributed by atoms with E-state index >= 15 is 0 Å². The largest absolute Gasteiger partial charge is 0.342 e. The van der Waals surface area contributed by atoms with Crippen molar-refractivity contribution in [2.24, 2.45) is 0 Å². The fourth-order valence-corrected chi connectivity index (χ4v) is 4.49. The number of aryl methyl sites for hydroxylation is 1. The van der Waals surface area contributed by atoms with Crippen LogP contribution >= 0.6 is 0 Å². The van der Waals surface area contributed by atoms with Crippen molar-refractivity contribution in [2.75, 3.05) is 0 Å². The average Bonchev–Trinajstić information content (AvgIpc) is 3.28. The minimum Gasteiger partial charge on any atom is -0.342 e. The van der Waals surface area contributed by atoms with Gasteiger partial charge in [-0.3, -0.25) is 9.48 Å². The van der Waals surface area contributed by atoms with Crippen molar-refractivity contribution < 1.29 is 4.79 Å². The monoisotopic (exact) mass is 431 g/mol. The molecule has 2 aromatic heterocycles. The number of hydrogen-bond donors (Lipinski definition) is 2. The van der Waals surface area contributed by atoms with Gasteiger partial charge in [0.1, 0.15) is 0 Å². The maximum Gasteiger partial charge on any atom is 0.256 e. The van der Waals surface area contributed by atoms with Gasteiger partial charge in [0.05, 0.1) is 22.8 Å². The second kappa shape index (κ2) is 8.33. The highest BCUT2D eigenvalue weighted by Crippen LogP contribution is 2.41. The van der Waals surface area contributed by atoms with E-state index in [4.69, 9.17) is 5.10 Å². The number of carbonyl (C=O) groups excluding carboxylic acids is 1. The lowest BCUT2D eigenvalue weighted by atomic mass is 9.79. The summed E-state index contributed by atoms with van der Waals surface area (Å²) in [6.45, 7) is 4.29. The van der Waals surface area contributed by atoms with Gasteiger partial charge in [-0.05, 0) is 60.6 Å². The van der Waals surface area contributed by atoms with Crippen LogP contribution in [0.15, 0.2) is 36.5 Å². The Bertz CT molecular complexity index is 1130. The molecular formula is C24H29N7O. The Morgan fingerprint density at radius 1 is 1.16 bits per heavy atom. The molecule has 1 aromatic carbocycles. The summed E-state index contributed by atoms with van der Waals surface area (Å²) >= 11 is 0. The van der Waals surface area contributed by atoms with Crippen molar-refractivity contribution in [1.82, 2.24) is 35.7 Å². The van der Waals surface area contributed by atoms with Crippen molar-refractivity contribution in [1.29, 1.82) is 0 Å². The highest BCUT2D eigenvalue weighted by Gasteiger charge is 2.40. The maximum absolute atomic E-state index is 13.3. The van der Waals surface area contributed by atoms with Gasteiger partial charge in [-0.1, -0.05) is 44.0 Å². The van der Waals surface area contributed by atoms with Gasteiger partial charge in [-0.15, -0.1) is 10.2 Å². The summed E-state index contributed by atoms with van der Waals surface area (Å²) in [5, 5.41) is 22.3. The van der Waals surface area contributed by atoms with E-state index < -0.39 is 5.54 Å². The normalized spacial score (nSPS) is 21.1. The van der Waals surface area contributed by atoms with E-state index in [0.29, 0.717) is 23.9 Å². The highest BCUT2D eigenvalue weighted by molar-refractivity contribution is 6.27. The summed E-state index contributed by atoms with van der Waals surface area (Å²) in [6.07, 6.45) is 9.66. The zero-order chi connectivity index (χ0) is 22.1. The minimum atomic E-state index is -0.551. The van der Waals surface area contributed by atoms with Crippen molar-refractivity contribution in [3.63, 3.8) is 0 Å².